The molecule has 0 spiro atoms. The zero-order chi connectivity index (χ0) is 12.0. The maximum Gasteiger partial charge on any atom is 0.296 e. The van der Waals surface area contributed by atoms with Crippen LogP contribution in [0.3, 0.4) is 0 Å². The largest absolute Gasteiger partial charge is 0.367 e. The highest BCUT2D eigenvalue weighted by molar-refractivity contribution is 8.13. The molecule has 1 atom stereocenters. The van der Waals surface area contributed by atoms with Gasteiger partial charge in [0.2, 0.25) is 0 Å². The first-order valence-electron chi connectivity index (χ1n) is 4.83. The molecule has 0 amide bonds. The lowest BCUT2D eigenvalue weighted by molar-refractivity contribution is 0.00657. The van der Waals surface area contributed by atoms with E-state index in [0.29, 0.717) is 12.4 Å². The molecule has 0 aromatic carbocycles. The van der Waals surface area contributed by atoms with E-state index in [-0.39, 0.29) is 5.16 Å². The maximum atomic E-state index is 11.2. The van der Waals surface area contributed by atoms with E-state index in [1.54, 1.807) is 7.05 Å². The van der Waals surface area contributed by atoms with Crippen LogP contribution in [0.15, 0.2) is 5.16 Å². The lowest BCUT2D eigenvalue weighted by Crippen LogP contribution is -2.25. The van der Waals surface area contributed by atoms with E-state index >= 15 is 0 Å². The molecule has 1 fully saturated rings. The number of nitrogens with zero attached hydrogens (tertiary/aromatic N) is 3. The lowest BCUT2D eigenvalue weighted by Gasteiger charge is -2.21. The Morgan fingerprint density at radius 3 is 2.62 bits per heavy atom. The van der Waals surface area contributed by atoms with Gasteiger partial charge in [-0.2, -0.15) is 0 Å². The molecule has 2 heterocycles. The first-order chi connectivity index (χ1) is 7.34. The summed E-state index contributed by atoms with van der Waals surface area (Å²) in [5.41, 5.74) is -0.568. The van der Waals surface area contributed by atoms with Gasteiger partial charge in [-0.05, 0) is 19.8 Å². The fourth-order valence-electron chi connectivity index (χ4n) is 1.94. The molecule has 0 aliphatic carbocycles. The number of ether oxygens (including phenoxy) is 1. The van der Waals surface area contributed by atoms with Crippen molar-refractivity contribution in [2.24, 2.45) is 7.05 Å². The summed E-state index contributed by atoms with van der Waals surface area (Å²) in [6.45, 7) is 2.51. The average Bonchev–Trinajstić information content (AvgIpc) is 2.71. The van der Waals surface area contributed by atoms with Crippen molar-refractivity contribution in [2.45, 2.75) is 30.5 Å². The third kappa shape index (κ3) is 1.83. The zero-order valence-electron chi connectivity index (χ0n) is 8.97. The first kappa shape index (κ1) is 11.8. The second-order valence-electron chi connectivity index (χ2n) is 3.99. The van der Waals surface area contributed by atoms with E-state index in [4.69, 9.17) is 15.4 Å². The molecule has 6 nitrogen and oxygen atoms in total. The van der Waals surface area contributed by atoms with Crippen LogP contribution in [0.5, 0.6) is 0 Å². The Kier molecular flexibility index (Phi) is 2.72. The van der Waals surface area contributed by atoms with Crippen LogP contribution in [0.4, 0.5) is 0 Å². The summed E-state index contributed by atoms with van der Waals surface area (Å²) in [5, 5.41) is 7.20. The molecule has 2 rings (SSSR count). The van der Waals surface area contributed by atoms with Gasteiger partial charge >= 0.3 is 0 Å². The Morgan fingerprint density at radius 2 is 2.19 bits per heavy atom. The fourth-order valence-corrected chi connectivity index (χ4v) is 2.90. The molecule has 0 radical (unpaired) electrons. The van der Waals surface area contributed by atoms with Crippen LogP contribution in [0, 0.1) is 0 Å². The molecule has 8 heteroatoms. The van der Waals surface area contributed by atoms with Crippen LogP contribution in [0.2, 0.25) is 0 Å². The van der Waals surface area contributed by atoms with Gasteiger partial charge < -0.3 is 9.30 Å². The molecule has 1 aromatic rings. The number of halogens is 1. The van der Waals surface area contributed by atoms with Gasteiger partial charge in [-0.1, -0.05) is 0 Å². The Morgan fingerprint density at radius 1 is 1.50 bits per heavy atom. The summed E-state index contributed by atoms with van der Waals surface area (Å²) in [5.74, 6) is 0.490. The van der Waals surface area contributed by atoms with Crippen LogP contribution in [0.1, 0.15) is 25.6 Å². The van der Waals surface area contributed by atoms with E-state index in [9.17, 15) is 8.42 Å². The monoisotopic (exact) mass is 265 g/mol. The zero-order valence-corrected chi connectivity index (χ0v) is 10.5. The molecular formula is C8H12ClN3O3S. The van der Waals surface area contributed by atoms with E-state index in [2.05, 4.69) is 10.2 Å². The Hall–Kier alpha value is -0.660. The number of hydrogen-bond donors (Lipinski definition) is 0. The first-order valence-corrected chi connectivity index (χ1v) is 7.14. The van der Waals surface area contributed by atoms with Crippen molar-refractivity contribution in [1.82, 2.24) is 14.8 Å². The third-order valence-corrected chi connectivity index (χ3v) is 3.95. The van der Waals surface area contributed by atoms with Gasteiger partial charge in [0, 0.05) is 24.3 Å². The quantitative estimate of drug-likeness (QED) is 0.739. The summed E-state index contributed by atoms with van der Waals surface area (Å²) >= 11 is 0. The minimum absolute atomic E-state index is 0.249. The molecule has 1 saturated heterocycles. The van der Waals surface area contributed by atoms with E-state index in [1.807, 2.05) is 6.92 Å². The van der Waals surface area contributed by atoms with Crippen molar-refractivity contribution < 1.29 is 13.2 Å². The highest BCUT2D eigenvalue weighted by Gasteiger charge is 2.38. The van der Waals surface area contributed by atoms with Crippen LogP contribution in [-0.4, -0.2) is 29.8 Å². The summed E-state index contributed by atoms with van der Waals surface area (Å²) in [6, 6.07) is 0. The van der Waals surface area contributed by atoms with Crippen molar-refractivity contribution in [3.05, 3.63) is 5.82 Å². The van der Waals surface area contributed by atoms with Crippen LogP contribution < -0.4 is 0 Å². The molecule has 1 aromatic heterocycles. The predicted molar refractivity (Wildman–Crippen MR) is 56.6 cm³/mol. The van der Waals surface area contributed by atoms with E-state index < -0.39 is 14.7 Å². The Labute approximate surface area is 98.0 Å². The number of aromatic nitrogens is 3. The molecule has 90 valence electrons. The topological polar surface area (TPSA) is 74.1 Å². The van der Waals surface area contributed by atoms with Crippen LogP contribution in [-0.2, 0) is 26.4 Å². The van der Waals surface area contributed by atoms with Crippen molar-refractivity contribution in [3.63, 3.8) is 0 Å². The smallest absolute Gasteiger partial charge is 0.296 e. The second-order valence-corrected chi connectivity index (χ2v) is 6.45. The average molecular weight is 266 g/mol. The molecule has 1 aliphatic rings. The van der Waals surface area contributed by atoms with Crippen molar-refractivity contribution in [2.75, 3.05) is 6.61 Å². The molecule has 1 aliphatic heterocycles. The molecule has 0 bridgehead atoms. The van der Waals surface area contributed by atoms with E-state index in [0.717, 1.165) is 12.8 Å². The standard InChI is InChI=1S/C8H12ClN3O3S/c1-8(4-3-5-15-8)6-10-11-7(12(6)2)16(9,13)14/h3-5H2,1-2H3. The summed E-state index contributed by atoms with van der Waals surface area (Å²) < 4.78 is 29.3. The normalized spacial score (nSPS) is 26.2. The van der Waals surface area contributed by atoms with Crippen molar-refractivity contribution in [1.29, 1.82) is 0 Å². The van der Waals surface area contributed by atoms with Gasteiger partial charge in [0.1, 0.15) is 5.60 Å². The van der Waals surface area contributed by atoms with Gasteiger partial charge in [0.25, 0.3) is 14.2 Å². The third-order valence-electron chi connectivity index (χ3n) is 2.74. The molecule has 1 unspecified atom stereocenters. The summed E-state index contributed by atoms with van der Waals surface area (Å²) in [6.07, 6.45) is 1.72. The predicted octanol–water partition coefficient (Wildman–Crippen LogP) is 0.768. The SMILES string of the molecule is Cn1c(C2(C)CCCO2)nnc1S(=O)(=O)Cl. The summed E-state index contributed by atoms with van der Waals surface area (Å²) in [4.78, 5) is 0. The molecule has 16 heavy (non-hydrogen) atoms. The number of hydrogen-bond acceptors (Lipinski definition) is 5. The molecular weight excluding hydrogens is 254 g/mol. The van der Waals surface area contributed by atoms with Gasteiger partial charge in [0.15, 0.2) is 5.82 Å². The van der Waals surface area contributed by atoms with E-state index in [1.165, 1.54) is 4.57 Å². The minimum Gasteiger partial charge on any atom is -0.367 e. The highest BCUT2D eigenvalue weighted by atomic mass is 35.7. The maximum absolute atomic E-state index is 11.2. The molecule has 0 N–H and O–H groups in total. The van der Waals surface area contributed by atoms with Gasteiger partial charge in [0.05, 0.1) is 0 Å². The van der Waals surface area contributed by atoms with Crippen LogP contribution in [0.25, 0.3) is 0 Å². The summed E-state index contributed by atoms with van der Waals surface area (Å²) in [7, 11) is 2.94. The van der Waals surface area contributed by atoms with Gasteiger partial charge in [-0.3, -0.25) is 0 Å². The minimum atomic E-state index is -3.86. The second kappa shape index (κ2) is 3.68. The highest BCUT2D eigenvalue weighted by Crippen LogP contribution is 2.34. The van der Waals surface area contributed by atoms with Crippen LogP contribution >= 0.6 is 10.7 Å². The van der Waals surface area contributed by atoms with Crippen molar-refractivity contribution >= 4 is 19.7 Å². The number of rotatable bonds is 2. The lowest BCUT2D eigenvalue weighted by atomic mass is 10.0. The molecule has 0 saturated carbocycles. The van der Waals surface area contributed by atoms with Gasteiger partial charge in [-0.15, -0.1) is 10.2 Å². The van der Waals surface area contributed by atoms with Gasteiger partial charge in [-0.25, -0.2) is 8.42 Å². The fraction of sp³-hybridized carbons (Fsp3) is 0.750. The van der Waals surface area contributed by atoms with Crippen molar-refractivity contribution in [3.8, 4) is 0 Å². The Bertz CT molecular complexity index is 505. The Balaban J connectivity index is 2.49.